The van der Waals surface area contributed by atoms with E-state index in [9.17, 15) is 43.2 Å². The molecule has 0 spiro atoms. The third-order valence-electron chi connectivity index (χ3n) is 18.0. The van der Waals surface area contributed by atoms with Crippen LogP contribution in [0, 0.1) is 5.92 Å². The van der Waals surface area contributed by atoms with Gasteiger partial charge in [0.25, 0.3) is 0 Å². The van der Waals surface area contributed by atoms with Crippen molar-refractivity contribution in [2.75, 3.05) is 39.6 Å². The lowest BCUT2D eigenvalue weighted by Gasteiger charge is -2.21. The minimum absolute atomic E-state index is 0.102. The van der Waals surface area contributed by atoms with Gasteiger partial charge in [0, 0.05) is 25.7 Å². The maximum atomic E-state index is 13.1. The Labute approximate surface area is 592 Å². The van der Waals surface area contributed by atoms with Crippen molar-refractivity contribution in [3.8, 4) is 0 Å². The molecule has 6 atom stereocenters. The number of allylic oxidation sites excluding steroid dienone is 4. The highest BCUT2D eigenvalue weighted by molar-refractivity contribution is 7.47. The van der Waals surface area contributed by atoms with Crippen LogP contribution in [-0.4, -0.2) is 96.7 Å². The second-order valence-electron chi connectivity index (χ2n) is 27.7. The summed E-state index contributed by atoms with van der Waals surface area (Å²) in [5.74, 6) is -1.41. The number of phosphoric acid groups is 2. The summed E-state index contributed by atoms with van der Waals surface area (Å²) in [6, 6.07) is 0. The van der Waals surface area contributed by atoms with E-state index >= 15 is 0 Å². The lowest BCUT2D eigenvalue weighted by atomic mass is 10.00. The summed E-state index contributed by atoms with van der Waals surface area (Å²) >= 11 is 0. The number of phosphoric ester groups is 2. The van der Waals surface area contributed by atoms with Crippen molar-refractivity contribution < 1.29 is 80.2 Å². The van der Waals surface area contributed by atoms with Gasteiger partial charge in [-0.3, -0.25) is 37.3 Å². The van der Waals surface area contributed by atoms with E-state index < -0.39 is 97.5 Å². The van der Waals surface area contributed by atoms with Crippen LogP contribution in [-0.2, 0) is 65.4 Å². The molecule has 0 bridgehead atoms. The van der Waals surface area contributed by atoms with Crippen LogP contribution in [0.25, 0.3) is 0 Å². The van der Waals surface area contributed by atoms with Crippen molar-refractivity contribution in [1.29, 1.82) is 0 Å². The maximum Gasteiger partial charge on any atom is 0.472 e. The lowest BCUT2D eigenvalue weighted by molar-refractivity contribution is -0.161. The van der Waals surface area contributed by atoms with E-state index in [1.54, 1.807) is 0 Å². The fraction of sp³-hybridized carbons (Fsp3) is 0.897. The first-order chi connectivity index (χ1) is 47.1. The molecule has 0 amide bonds. The van der Waals surface area contributed by atoms with Crippen LogP contribution in [0.2, 0.25) is 0 Å². The Morgan fingerprint density at radius 2 is 0.577 bits per heavy atom. The van der Waals surface area contributed by atoms with Crippen LogP contribution < -0.4 is 0 Å². The van der Waals surface area contributed by atoms with Gasteiger partial charge in [-0.05, 0) is 57.3 Å². The maximum absolute atomic E-state index is 13.1. The molecule has 0 fully saturated rings. The third-order valence-corrected chi connectivity index (χ3v) is 19.9. The highest BCUT2D eigenvalue weighted by Crippen LogP contribution is 2.45. The van der Waals surface area contributed by atoms with E-state index in [0.717, 1.165) is 121 Å². The zero-order valence-corrected chi connectivity index (χ0v) is 64.5. The Balaban J connectivity index is 5.28. The predicted octanol–water partition coefficient (Wildman–Crippen LogP) is 22.8. The fourth-order valence-corrected chi connectivity index (χ4v) is 13.1. The molecule has 0 saturated carbocycles. The van der Waals surface area contributed by atoms with E-state index in [4.69, 9.17) is 37.0 Å². The van der Waals surface area contributed by atoms with Gasteiger partial charge in [0.2, 0.25) is 0 Å². The molecule has 0 aliphatic carbocycles. The molecule has 0 rings (SSSR count). The number of aliphatic hydroxyl groups excluding tert-OH is 1. The minimum atomic E-state index is -4.97. The van der Waals surface area contributed by atoms with Gasteiger partial charge in [0.15, 0.2) is 12.2 Å². The zero-order chi connectivity index (χ0) is 71.2. The van der Waals surface area contributed by atoms with Gasteiger partial charge < -0.3 is 33.8 Å². The standard InChI is InChI=1S/C78H148O17P2/c1-6-10-13-16-19-22-25-28-31-32-33-35-38-41-44-47-54-59-64-77(82)94-73(67-88-75(80)61-56-51-45-42-39-37-34-29-26-23-20-17-14-11-7-2)69-92-96(84,85)90-65-72(79)66-91-97(86,87)93-70-74(68-89-76(81)62-57-52-49-48-50-55-60-71(5)9-4)95-78(83)63-58-53-46-43-40-36-30-27-24-21-18-15-12-8-3/h23,26,29,34,71-74,79H,6-22,24-25,27-28,30-33,35-70H2,1-5H3,(H,84,85)(H,86,87)/b26-23-,34-29-/t71?,72-,73-,74-/m1/s1. The summed E-state index contributed by atoms with van der Waals surface area (Å²) in [7, 11) is -9.93. The van der Waals surface area contributed by atoms with Gasteiger partial charge in [-0.1, -0.05) is 335 Å². The van der Waals surface area contributed by atoms with Crippen molar-refractivity contribution in [1.82, 2.24) is 0 Å². The average molecular weight is 1420 g/mol. The molecule has 0 heterocycles. The van der Waals surface area contributed by atoms with Crippen LogP contribution in [0.1, 0.15) is 388 Å². The number of esters is 4. The molecular weight excluding hydrogens is 1270 g/mol. The van der Waals surface area contributed by atoms with Crippen molar-refractivity contribution in [2.45, 2.75) is 406 Å². The Bertz CT molecular complexity index is 1950. The number of carbonyl (C=O) groups excluding carboxylic acids is 4. The van der Waals surface area contributed by atoms with Gasteiger partial charge in [-0.15, -0.1) is 0 Å². The second-order valence-corrected chi connectivity index (χ2v) is 30.6. The number of rotatable bonds is 76. The molecule has 3 unspecified atom stereocenters. The predicted molar refractivity (Wildman–Crippen MR) is 395 cm³/mol. The van der Waals surface area contributed by atoms with E-state index in [1.807, 2.05) is 0 Å². The van der Waals surface area contributed by atoms with Gasteiger partial charge in [0.05, 0.1) is 26.4 Å². The Hall–Kier alpha value is -2.46. The zero-order valence-electron chi connectivity index (χ0n) is 62.7. The molecule has 97 heavy (non-hydrogen) atoms. The molecular formula is C78H148O17P2. The lowest BCUT2D eigenvalue weighted by Crippen LogP contribution is -2.30. The average Bonchev–Trinajstić information content (AvgIpc) is 2.87. The highest BCUT2D eigenvalue weighted by atomic mass is 31.2. The first-order valence-electron chi connectivity index (χ1n) is 40.0. The summed E-state index contributed by atoms with van der Waals surface area (Å²) in [4.78, 5) is 72.9. The van der Waals surface area contributed by atoms with Gasteiger partial charge in [-0.25, -0.2) is 9.13 Å². The van der Waals surface area contributed by atoms with Gasteiger partial charge in [-0.2, -0.15) is 0 Å². The number of hydrogen-bond donors (Lipinski definition) is 3. The Kier molecular flexibility index (Phi) is 68.8. The summed E-state index contributed by atoms with van der Waals surface area (Å²) in [6.45, 7) is 7.20. The Morgan fingerprint density at radius 1 is 0.330 bits per heavy atom. The van der Waals surface area contributed by atoms with E-state index in [0.29, 0.717) is 25.7 Å². The van der Waals surface area contributed by atoms with Crippen molar-refractivity contribution in [3.63, 3.8) is 0 Å². The van der Waals surface area contributed by atoms with Gasteiger partial charge >= 0.3 is 39.5 Å². The number of unbranched alkanes of at least 4 members (excludes halogenated alkanes) is 44. The number of aliphatic hydroxyl groups is 1. The molecule has 19 heteroatoms. The quantitative estimate of drug-likeness (QED) is 0.0169. The largest absolute Gasteiger partial charge is 0.472 e. The van der Waals surface area contributed by atoms with E-state index in [-0.39, 0.29) is 25.7 Å². The van der Waals surface area contributed by atoms with Crippen LogP contribution in [0.3, 0.4) is 0 Å². The van der Waals surface area contributed by atoms with Crippen molar-refractivity contribution in [3.05, 3.63) is 24.3 Å². The molecule has 0 aromatic carbocycles. The number of carbonyl (C=O) groups is 4. The molecule has 0 saturated heterocycles. The van der Waals surface area contributed by atoms with Crippen molar-refractivity contribution in [2.24, 2.45) is 5.92 Å². The molecule has 0 aliphatic rings. The SMILES string of the molecule is CCCCCC/C=C\C=C/CCCCCCCC(=O)OC[C@H](COP(=O)(O)OC[C@@H](O)COP(=O)(O)OC[C@@H](COC(=O)CCCCCCCCC(C)CC)OC(=O)CCCCCCCCCCCCCCCC)OC(=O)CCCCCCCCCCCCCCCCCCCC. The normalized spacial score (nSPS) is 14.4. The smallest absolute Gasteiger partial charge is 0.462 e. The number of hydrogen-bond acceptors (Lipinski definition) is 15. The molecule has 0 aromatic rings. The summed E-state index contributed by atoms with van der Waals surface area (Å²) in [5.41, 5.74) is 0. The van der Waals surface area contributed by atoms with E-state index in [2.05, 4.69) is 58.9 Å². The van der Waals surface area contributed by atoms with Crippen molar-refractivity contribution >= 4 is 39.5 Å². The first kappa shape index (κ1) is 94.5. The van der Waals surface area contributed by atoms with Crippen LogP contribution >= 0.6 is 15.6 Å². The van der Waals surface area contributed by atoms with Gasteiger partial charge in [0.1, 0.15) is 19.3 Å². The summed E-state index contributed by atoms with van der Waals surface area (Å²) < 4.78 is 68.6. The summed E-state index contributed by atoms with van der Waals surface area (Å²) in [6.07, 6.45) is 63.2. The third kappa shape index (κ3) is 70.4. The molecule has 0 aromatic heterocycles. The molecule has 0 radical (unpaired) electrons. The highest BCUT2D eigenvalue weighted by Gasteiger charge is 2.30. The topological polar surface area (TPSA) is 237 Å². The molecule has 572 valence electrons. The minimum Gasteiger partial charge on any atom is -0.462 e. The number of ether oxygens (including phenoxy) is 4. The van der Waals surface area contributed by atoms with Crippen LogP contribution in [0.5, 0.6) is 0 Å². The monoisotopic (exact) mass is 1420 g/mol. The molecule has 0 aliphatic heterocycles. The Morgan fingerprint density at radius 3 is 0.876 bits per heavy atom. The van der Waals surface area contributed by atoms with E-state index in [1.165, 1.54) is 186 Å². The summed E-state index contributed by atoms with van der Waals surface area (Å²) in [5, 5.41) is 10.6. The fourth-order valence-electron chi connectivity index (χ4n) is 11.5. The first-order valence-corrected chi connectivity index (χ1v) is 43.0. The van der Waals surface area contributed by atoms with Crippen LogP contribution in [0.4, 0.5) is 0 Å². The van der Waals surface area contributed by atoms with Crippen LogP contribution in [0.15, 0.2) is 24.3 Å². The molecule has 17 nitrogen and oxygen atoms in total. The molecule has 3 N–H and O–H groups in total. The second kappa shape index (κ2) is 70.6.